The number of hydrogen-bond donors (Lipinski definition) is 1. The number of nitriles is 1. The number of benzene rings is 1. The van der Waals surface area contributed by atoms with Gasteiger partial charge in [0, 0.05) is 5.56 Å². The van der Waals surface area contributed by atoms with Crippen molar-refractivity contribution in [1.29, 1.82) is 5.26 Å². The number of rotatable bonds is 3. The Morgan fingerprint density at radius 1 is 1.44 bits per heavy atom. The molecule has 0 unspecified atom stereocenters. The van der Waals surface area contributed by atoms with Crippen LogP contribution in [0.2, 0.25) is 0 Å². The van der Waals surface area contributed by atoms with Crippen LogP contribution in [0.25, 0.3) is 0 Å². The van der Waals surface area contributed by atoms with Crippen LogP contribution in [-0.2, 0) is 4.79 Å². The number of nitrogens with zero attached hydrogens (tertiary/aromatic N) is 1. The maximum atomic E-state index is 12.2. The Morgan fingerprint density at radius 2 is 2.22 bits per heavy atom. The Kier molecular flexibility index (Phi) is 2.67. The van der Waals surface area contributed by atoms with Gasteiger partial charge < -0.3 is 10.1 Å². The highest BCUT2D eigenvalue weighted by molar-refractivity contribution is 5.86. The average Bonchev–Trinajstić information content (AvgIpc) is 3.14. The van der Waals surface area contributed by atoms with E-state index in [0.717, 1.165) is 24.2 Å². The fraction of sp³-hybridized carbons (Fsp3) is 0.429. The summed E-state index contributed by atoms with van der Waals surface area (Å²) in [6.07, 6.45) is 2.08. The van der Waals surface area contributed by atoms with Gasteiger partial charge in [0.1, 0.15) is 24.3 Å². The summed E-state index contributed by atoms with van der Waals surface area (Å²) in [7, 11) is 0. The van der Waals surface area contributed by atoms with Crippen molar-refractivity contribution in [2.45, 2.75) is 24.8 Å². The van der Waals surface area contributed by atoms with Crippen molar-refractivity contribution in [1.82, 2.24) is 5.32 Å². The third-order valence-corrected chi connectivity index (χ3v) is 3.55. The normalized spacial score (nSPS) is 22.5. The van der Waals surface area contributed by atoms with Crippen LogP contribution in [0.1, 0.15) is 24.3 Å². The number of carbonyl (C=O) groups is 1. The third-order valence-electron chi connectivity index (χ3n) is 3.55. The second-order valence-corrected chi connectivity index (χ2v) is 4.85. The van der Waals surface area contributed by atoms with E-state index in [1.54, 1.807) is 0 Å². The van der Waals surface area contributed by atoms with Gasteiger partial charge >= 0.3 is 0 Å². The van der Waals surface area contributed by atoms with Gasteiger partial charge in [0.05, 0.1) is 6.07 Å². The molecule has 1 N–H and O–H groups in total. The van der Waals surface area contributed by atoms with E-state index in [1.807, 2.05) is 24.3 Å². The number of ether oxygens (including phenoxy) is 1. The fourth-order valence-electron chi connectivity index (χ4n) is 2.32. The average molecular weight is 242 g/mol. The maximum Gasteiger partial charge on any atom is 0.232 e. The van der Waals surface area contributed by atoms with E-state index in [4.69, 9.17) is 10.00 Å². The molecule has 0 bridgehead atoms. The minimum atomic E-state index is -0.342. The molecule has 4 nitrogen and oxygen atoms in total. The molecule has 1 aromatic rings. The van der Waals surface area contributed by atoms with E-state index in [1.165, 1.54) is 0 Å². The van der Waals surface area contributed by atoms with Gasteiger partial charge in [-0.05, 0) is 24.8 Å². The van der Waals surface area contributed by atoms with Crippen molar-refractivity contribution >= 4 is 5.91 Å². The fourth-order valence-corrected chi connectivity index (χ4v) is 2.32. The molecule has 1 saturated carbocycles. The lowest BCUT2D eigenvalue weighted by Gasteiger charge is -2.14. The summed E-state index contributed by atoms with van der Waals surface area (Å²) in [6, 6.07) is 9.39. The van der Waals surface area contributed by atoms with Crippen LogP contribution < -0.4 is 10.1 Å². The van der Waals surface area contributed by atoms with E-state index in [-0.39, 0.29) is 17.9 Å². The predicted octanol–water partition coefficient (Wildman–Crippen LogP) is 1.58. The van der Waals surface area contributed by atoms with Crippen LogP contribution in [0.5, 0.6) is 5.75 Å². The molecule has 0 radical (unpaired) electrons. The van der Waals surface area contributed by atoms with Crippen LogP contribution in [0.15, 0.2) is 24.3 Å². The zero-order valence-electron chi connectivity index (χ0n) is 9.93. The molecular formula is C14H14N2O2. The second kappa shape index (κ2) is 4.34. The molecule has 2 aliphatic rings. The van der Waals surface area contributed by atoms with Crippen molar-refractivity contribution in [2.75, 3.05) is 6.61 Å². The standard InChI is InChI=1S/C14H14N2O2/c15-7-12(9-5-6-9)16-14(17)11-8-18-13-4-2-1-3-10(11)13/h1-4,9,11-12H,5-6,8H2,(H,16,17)/t11-,12-/m1/s1. The van der Waals surface area contributed by atoms with Crippen LogP contribution in [0.4, 0.5) is 0 Å². The Hall–Kier alpha value is -2.02. The molecule has 2 atom stereocenters. The third kappa shape index (κ3) is 1.92. The Labute approximate surface area is 106 Å². The number of amides is 1. The van der Waals surface area contributed by atoms with Crippen LogP contribution >= 0.6 is 0 Å². The molecular weight excluding hydrogens is 228 g/mol. The van der Waals surface area contributed by atoms with E-state index in [0.29, 0.717) is 12.5 Å². The highest BCUT2D eigenvalue weighted by atomic mass is 16.5. The molecule has 1 fully saturated rings. The topological polar surface area (TPSA) is 62.1 Å². The van der Waals surface area contributed by atoms with Gasteiger partial charge in [-0.25, -0.2) is 0 Å². The highest BCUT2D eigenvalue weighted by Gasteiger charge is 2.36. The lowest BCUT2D eigenvalue weighted by molar-refractivity contribution is -0.123. The van der Waals surface area contributed by atoms with E-state index in [2.05, 4.69) is 11.4 Å². The molecule has 1 aliphatic carbocycles. The second-order valence-electron chi connectivity index (χ2n) is 4.85. The minimum absolute atomic E-state index is 0.0987. The minimum Gasteiger partial charge on any atom is -0.492 e. The Balaban J connectivity index is 1.72. The largest absolute Gasteiger partial charge is 0.492 e. The first-order valence-electron chi connectivity index (χ1n) is 6.21. The summed E-state index contributed by atoms with van der Waals surface area (Å²) < 4.78 is 5.48. The summed E-state index contributed by atoms with van der Waals surface area (Å²) >= 11 is 0. The predicted molar refractivity (Wildman–Crippen MR) is 64.9 cm³/mol. The number of para-hydroxylation sites is 1. The van der Waals surface area contributed by atoms with Gasteiger partial charge in [-0.1, -0.05) is 18.2 Å². The smallest absolute Gasteiger partial charge is 0.232 e. The molecule has 0 saturated heterocycles. The highest BCUT2D eigenvalue weighted by Crippen LogP contribution is 2.35. The van der Waals surface area contributed by atoms with Gasteiger partial charge in [-0.3, -0.25) is 4.79 Å². The van der Waals surface area contributed by atoms with Gasteiger partial charge in [0.25, 0.3) is 0 Å². The van der Waals surface area contributed by atoms with Gasteiger partial charge in [0.15, 0.2) is 0 Å². The van der Waals surface area contributed by atoms with Crippen molar-refractivity contribution in [2.24, 2.45) is 5.92 Å². The van der Waals surface area contributed by atoms with Gasteiger partial charge in [-0.2, -0.15) is 5.26 Å². The number of carbonyl (C=O) groups excluding carboxylic acids is 1. The number of hydrogen-bond acceptors (Lipinski definition) is 3. The first-order chi connectivity index (χ1) is 8.79. The first kappa shape index (κ1) is 11.1. The van der Waals surface area contributed by atoms with E-state index >= 15 is 0 Å². The molecule has 4 heteroatoms. The van der Waals surface area contributed by atoms with Crippen molar-refractivity contribution in [3.05, 3.63) is 29.8 Å². The molecule has 18 heavy (non-hydrogen) atoms. The lowest BCUT2D eigenvalue weighted by Crippen LogP contribution is -2.39. The monoisotopic (exact) mass is 242 g/mol. The Bertz CT molecular complexity index is 517. The van der Waals surface area contributed by atoms with Crippen LogP contribution in [0.3, 0.4) is 0 Å². The van der Waals surface area contributed by atoms with Crippen molar-refractivity contribution < 1.29 is 9.53 Å². The molecule has 1 amide bonds. The summed E-state index contributed by atoms with van der Waals surface area (Å²) in [5.74, 6) is 0.739. The SMILES string of the molecule is N#C[C@@H](NC(=O)[C@@H]1COc2ccccc21)C1CC1. The molecule has 1 aromatic carbocycles. The van der Waals surface area contributed by atoms with E-state index < -0.39 is 0 Å². The van der Waals surface area contributed by atoms with Crippen LogP contribution in [0, 0.1) is 17.2 Å². The summed E-state index contributed by atoms with van der Waals surface area (Å²) in [6.45, 7) is 0.369. The zero-order valence-corrected chi connectivity index (χ0v) is 9.93. The lowest BCUT2D eigenvalue weighted by atomic mass is 10.00. The summed E-state index contributed by atoms with van der Waals surface area (Å²) in [5.41, 5.74) is 0.919. The Morgan fingerprint density at radius 3 is 2.94 bits per heavy atom. The molecule has 92 valence electrons. The quantitative estimate of drug-likeness (QED) is 0.875. The molecule has 0 aromatic heterocycles. The van der Waals surface area contributed by atoms with Crippen LogP contribution in [-0.4, -0.2) is 18.6 Å². The van der Waals surface area contributed by atoms with Gasteiger partial charge in [0.2, 0.25) is 5.91 Å². The first-order valence-corrected chi connectivity index (χ1v) is 6.21. The number of nitrogens with one attached hydrogen (secondary N) is 1. The molecule has 0 spiro atoms. The molecule has 1 heterocycles. The maximum absolute atomic E-state index is 12.2. The molecule has 3 rings (SSSR count). The van der Waals surface area contributed by atoms with Crippen molar-refractivity contribution in [3.8, 4) is 11.8 Å². The summed E-state index contributed by atoms with van der Waals surface area (Å²) in [4.78, 5) is 12.2. The zero-order chi connectivity index (χ0) is 12.5. The van der Waals surface area contributed by atoms with E-state index in [9.17, 15) is 4.79 Å². The molecule has 1 aliphatic heterocycles. The summed E-state index contributed by atoms with van der Waals surface area (Å²) in [5, 5.41) is 11.9. The number of fused-ring (bicyclic) bond motifs is 1. The van der Waals surface area contributed by atoms with Gasteiger partial charge in [-0.15, -0.1) is 0 Å². The van der Waals surface area contributed by atoms with Crippen molar-refractivity contribution in [3.63, 3.8) is 0 Å².